The quantitative estimate of drug-likeness (QED) is 0.0765. The molecule has 1 aliphatic rings. The highest BCUT2D eigenvalue weighted by molar-refractivity contribution is 7.95. The number of sulfone groups is 1. The lowest BCUT2D eigenvalue weighted by molar-refractivity contribution is 0.0777. The van der Waals surface area contributed by atoms with Gasteiger partial charge in [0.1, 0.15) is 17.2 Å². The molecule has 0 saturated carbocycles. The molecule has 0 fully saturated rings. The number of rotatable bonds is 7. The molecule has 42 heavy (non-hydrogen) atoms. The van der Waals surface area contributed by atoms with E-state index in [4.69, 9.17) is 26.6 Å². The van der Waals surface area contributed by atoms with Crippen LogP contribution in [0, 0.1) is 5.82 Å². The highest BCUT2D eigenvalue weighted by atomic mass is 32.2. The molecule has 0 amide bonds. The molecule has 0 aromatic heterocycles. The van der Waals surface area contributed by atoms with Crippen molar-refractivity contribution < 1.29 is 28.0 Å². The lowest BCUT2D eigenvalue weighted by atomic mass is 9.91. The Labute approximate surface area is 241 Å². The predicted molar refractivity (Wildman–Crippen MR) is 157 cm³/mol. The molecule has 4 aromatic carbocycles. The van der Waals surface area contributed by atoms with Crippen LogP contribution < -0.4 is 11.5 Å². The number of benzene rings is 4. The molecule has 214 valence electrons. The van der Waals surface area contributed by atoms with Crippen LogP contribution in [0.1, 0.15) is 35.6 Å². The Kier molecular flexibility index (Phi) is 7.44. The van der Waals surface area contributed by atoms with Crippen molar-refractivity contribution in [3.63, 3.8) is 0 Å². The van der Waals surface area contributed by atoms with E-state index in [1.807, 2.05) is 43.3 Å². The predicted octanol–water partition coefficient (Wildman–Crippen LogP) is 5.16. The average molecular weight is 587 g/mol. The lowest BCUT2D eigenvalue weighted by Gasteiger charge is -2.26. The van der Waals surface area contributed by atoms with Crippen molar-refractivity contribution in [2.24, 2.45) is 21.8 Å². The molecule has 5 rings (SSSR count). The Bertz CT molecular complexity index is 1820. The summed E-state index contributed by atoms with van der Waals surface area (Å²) in [5, 5.41) is 23.9. The minimum absolute atomic E-state index is 0.0116. The molecule has 4 aromatic rings. The maximum atomic E-state index is 13.8. The SMILES string of the molecule is CC1(c2ccc(-c3ccc(/C(N)=N\O)cc3)cc2)CC(S(=O)(=O)c2ccc(F)cc2)=C(c2ccc(/C(N)=N\O)cc2)O1. The van der Waals surface area contributed by atoms with Gasteiger partial charge in [-0.05, 0) is 47.9 Å². The van der Waals surface area contributed by atoms with Crippen LogP contribution in [-0.4, -0.2) is 30.5 Å². The van der Waals surface area contributed by atoms with Crippen molar-refractivity contribution in [3.8, 4) is 11.1 Å². The summed E-state index contributed by atoms with van der Waals surface area (Å²) in [6.07, 6.45) is 0.0256. The van der Waals surface area contributed by atoms with Gasteiger partial charge >= 0.3 is 0 Å². The smallest absolute Gasteiger partial charge is 0.206 e. The first-order valence-corrected chi connectivity index (χ1v) is 14.2. The van der Waals surface area contributed by atoms with Gasteiger partial charge in [-0.1, -0.05) is 83.1 Å². The van der Waals surface area contributed by atoms with E-state index >= 15 is 0 Å². The lowest BCUT2D eigenvalue weighted by Crippen LogP contribution is -2.21. The monoisotopic (exact) mass is 586 g/mol. The summed E-state index contributed by atoms with van der Waals surface area (Å²) in [6, 6.07) is 25.9. The maximum absolute atomic E-state index is 13.8. The number of amidine groups is 2. The minimum Gasteiger partial charge on any atom is -0.481 e. The summed E-state index contributed by atoms with van der Waals surface area (Å²) in [5.41, 5.74) is 14.4. The molecule has 9 nitrogen and oxygen atoms in total. The Balaban J connectivity index is 1.52. The topological polar surface area (TPSA) is 161 Å². The second kappa shape index (κ2) is 11.0. The number of nitrogens with zero attached hydrogens (tertiary/aromatic N) is 2. The number of hydrogen-bond donors (Lipinski definition) is 4. The van der Waals surface area contributed by atoms with Crippen molar-refractivity contribution >= 4 is 27.3 Å². The third kappa shape index (κ3) is 5.29. The van der Waals surface area contributed by atoms with E-state index < -0.39 is 21.3 Å². The number of oxime groups is 2. The van der Waals surface area contributed by atoms with Crippen LogP contribution >= 0.6 is 0 Å². The van der Waals surface area contributed by atoms with Gasteiger partial charge in [-0.3, -0.25) is 0 Å². The molecule has 0 radical (unpaired) electrons. The van der Waals surface area contributed by atoms with Crippen LogP contribution in [0.15, 0.2) is 117 Å². The van der Waals surface area contributed by atoms with Crippen molar-refractivity contribution in [2.75, 3.05) is 0 Å². The first-order valence-electron chi connectivity index (χ1n) is 12.8. The molecular weight excluding hydrogens is 559 g/mol. The number of nitrogens with two attached hydrogens (primary N) is 2. The van der Waals surface area contributed by atoms with Gasteiger partial charge < -0.3 is 26.6 Å². The fourth-order valence-electron chi connectivity index (χ4n) is 4.82. The third-order valence-electron chi connectivity index (χ3n) is 7.19. The van der Waals surface area contributed by atoms with Gasteiger partial charge in [0.15, 0.2) is 11.7 Å². The van der Waals surface area contributed by atoms with E-state index in [1.54, 1.807) is 36.4 Å². The van der Waals surface area contributed by atoms with Crippen molar-refractivity contribution in [1.82, 2.24) is 0 Å². The van der Waals surface area contributed by atoms with Crippen LogP contribution in [0.4, 0.5) is 4.39 Å². The molecular formula is C31H27FN4O5S. The highest BCUT2D eigenvalue weighted by Crippen LogP contribution is 2.48. The zero-order chi connectivity index (χ0) is 30.1. The zero-order valence-corrected chi connectivity index (χ0v) is 23.2. The average Bonchev–Trinajstić information content (AvgIpc) is 3.40. The molecule has 1 aliphatic heterocycles. The van der Waals surface area contributed by atoms with Gasteiger partial charge in [0.05, 0.1) is 9.80 Å². The molecule has 1 atom stereocenters. The number of ether oxygens (including phenoxy) is 1. The van der Waals surface area contributed by atoms with Gasteiger partial charge in [0.25, 0.3) is 0 Å². The summed E-state index contributed by atoms with van der Waals surface area (Å²) in [6.45, 7) is 1.81. The second-order valence-electron chi connectivity index (χ2n) is 9.92. The Morgan fingerprint density at radius 2 is 1.21 bits per heavy atom. The van der Waals surface area contributed by atoms with Crippen molar-refractivity contribution in [1.29, 1.82) is 0 Å². The summed E-state index contributed by atoms with van der Waals surface area (Å²) in [5.74, 6) is -0.464. The van der Waals surface area contributed by atoms with Gasteiger partial charge in [-0.15, -0.1) is 0 Å². The Morgan fingerprint density at radius 3 is 1.69 bits per heavy atom. The molecule has 11 heteroatoms. The summed E-state index contributed by atoms with van der Waals surface area (Å²) < 4.78 is 47.7. The van der Waals surface area contributed by atoms with Crippen LogP contribution in [0.2, 0.25) is 0 Å². The summed E-state index contributed by atoms with van der Waals surface area (Å²) >= 11 is 0. The van der Waals surface area contributed by atoms with E-state index in [0.29, 0.717) is 16.7 Å². The number of hydrogen-bond acceptors (Lipinski definition) is 7. The normalized spacial score (nSPS) is 17.8. The Morgan fingerprint density at radius 1 is 0.762 bits per heavy atom. The maximum Gasteiger partial charge on any atom is 0.206 e. The molecule has 1 heterocycles. The largest absolute Gasteiger partial charge is 0.481 e. The van der Waals surface area contributed by atoms with Gasteiger partial charge in [-0.25, -0.2) is 12.8 Å². The van der Waals surface area contributed by atoms with E-state index in [9.17, 15) is 12.8 Å². The standard InChI is InChI=1S/C31H27FN4O5S/c1-31(24-12-10-20(11-13-24)19-2-6-22(7-3-19)29(33)35-37)18-27(42(39,40)26-16-14-25(32)15-17-26)28(41-31)21-4-8-23(9-5-21)30(34)36-38/h2-17,37-38H,18H2,1H3,(H2,33,35)(H2,34,36). The van der Waals surface area contributed by atoms with Gasteiger partial charge in [-0.2, -0.15) is 0 Å². The fourth-order valence-corrected chi connectivity index (χ4v) is 6.46. The molecule has 0 spiro atoms. The van der Waals surface area contributed by atoms with Gasteiger partial charge in [0, 0.05) is 23.1 Å². The van der Waals surface area contributed by atoms with Crippen molar-refractivity contribution in [2.45, 2.75) is 23.8 Å². The van der Waals surface area contributed by atoms with Gasteiger partial charge in [0.2, 0.25) is 9.84 Å². The highest BCUT2D eigenvalue weighted by Gasteiger charge is 2.44. The minimum atomic E-state index is -4.07. The molecule has 0 saturated heterocycles. The first kappa shape index (κ1) is 28.4. The molecule has 0 bridgehead atoms. The van der Waals surface area contributed by atoms with E-state index in [1.165, 1.54) is 12.1 Å². The molecule has 6 N–H and O–H groups in total. The molecule has 0 aliphatic carbocycles. The zero-order valence-electron chi connectivity index (χ0n) is 22.4. The van der Waals surface area contributed by atoms with Crippen LogP contribution in [0.5, 0.6) is 0 Å². The fraction of sp³-hybridized carbons (Fsp3) is 0.0968. The first-order chi connectivity index (χ1) is 20.1. The second-order valence-corrected chi connectivity index (χ2v) is 11.9. The molecule has 1 unspecified atom stereocenters. The summed E-state index contributed by atoms with van der Waals surface area (Å²) in [4.78, 5) is -0.000778. The van der Waals surface area contributed by atoms with Crippen molar-refractivity contribution in [3.05, 3.63) is 130 Å². The Hall–Kier alpha value is -5.16. The van der Waals surface area contributed by atoms with Crippen LogP contribution in [-0.2, 0) is 20.2 Å². The van der Waals surface area contributed by atoms with E-state index in [-0.39, 0.29) is 33.7 Å². The van der Waals surface area contributed by atoms with E-state index in [0.717, 1.165) is 28.8 Å². The van der Waals surface area contributed by atoms with Crippen LogP contribution in [0.25, 0.3) is 16.9 Å². The third-order valence-corrected chi connectivity index (χ3v) is 9.07. The summed E-state index contributed by atoms with van der Waals surface area (Å²) in [7, 11) is -4.07. The van der Waals surface area contributed by atoms with E-state index in [2.05, 4.69) is 10.3 Å². The number of halogens is 1. The van der Waals surface area contributed by atoms with Crippen LogP contribution in [0.3, 0.4) is 0 Å².